The number of hydrogen-bond acceptors (Lipinski definition) is 4. The van der Waals surface area contributed by atoms with Gasteiger partial charge in [0.25, 0.3) is 0 Å². The second kappa shape index (κ2) is 8.27. The van der Waals surface area contributed by atoms with E-state index in [1.807, 2.05) is 0 Å². The molecule has 0 saturated carbocycles. The Morgan fingerprint density at radius 2 is 2.05 bits per heavy atom. The number of hydrogen-bond donors (Lipinski definition) is 1. The second-order valence-electron chi connectivity index (χ2n) is 5.40. The molecule has 120 valence electrons. The van der Waals surface area contributed by atoms with Crippen LogP contribution in [-0.2, 0) is 19.4 Å². The van der Waals surface area contributed by atoms with Gasteiger partial charge in [-0.05, 0) is 35.7 Å². The molecule has 0 spiro atoms. The fraction of sp³-hybridized carbons (Fsp3) is 0.800. The van der Waals surface area contributed by atoms with Crippen molar-refractivity contribution in [2.24, 2.45) is 5.73 Å². The van der Waals surface area contributed by atoms with Gasteiger partial charge in [-0.3, -0.25) is 4.68 Å². The van der Waals surface area contributed by atoms with Gasteiger partial charge in [-0.25, -0.2) is 0 Å². The van der Waals surface area contributed by atoms with Gasteiger partial charge < -0.3 is 5.73 Å². The highest BCUT2D eigenvalue weighted by Crippen LogP contribution is 2.36. The summed E-state index contributed by atoms with van der Waals surface area (Å²) in [6.07, 6.45) is 3.09. The summed E-state index contributed by atoms with van der Waals surface area (Å²) < 4.78 is 3.29. The molecule has 0 amide bonds. The summed E-state index contributed by atoms with van der Waals surface area (Å²) >= 11 is 7.90. The van der Waals surface area contributed by atoms with Gasteiger partial charge in [-0.15, -0.1) is 0 Å². The van der Waals surface area contributed by atoms with E-state index >= 15 is 0 Å². The summed E-state index contributed by atoms with van der Waals surface area (Å²) in [5, 5.41) is 5.94. The molecule has 2 N–H and O–H groups in total. The van der Waals surface area contributed by atoms with E-state index in [1.54, 1.807) is 0 Å². The van der Waals surface area contributed by atoms with Crippen LogP contribution in [0.3, 0.4) is 0 Å². The Morgan fingerprint density at radius 1 is 1.33 bits per heavy atom. The Bertz CT molecular complexity index is 464. The molecule has 1 saturated heterocycles. The SMILES string of the molecule is CCc1nn(CC)c(CC(N)C2SCCSC2CC)c1Br. The van der Waals surface area contributed by atoms with Gasteiger partial charge >= 0.3 is 0 Å². The number of aryl methyl sites for hydroxylation is 2. The molecular weight excluding hydrogens is 366 g/mol. The summed E-state index contributed by atoms with van der Waals surface area (Å²) in [6, 6.07) is 0.204. The molecule has 0 aliphatic carbocycles. The molecule has 21 heavy (non-hydrogen) atoms. The minimum absolute atomic E-state index is 0.204. The van der Waals surface area contributed by atoms with Gasteiger partial charge in [0.15, 0.2) is 0 Å². The van der Waals surface area contributed by atoms with Crippen molar-refractivity contribution < 1.29 is 0 Å². The smallest absolute Gasteiger partial charge is 0.0766 e. The monoisotopic (exact) mass is 391 g/mol. The standard InChI is InChI=1S/C15H26BrN3S2/c1-4-11-14(16)12(19(6-3)18-11)9-10(17)15-13(5-2)20-7-8-21-15/h10,13,15H,4-9,17H2,1-3H3. The molecule has 3 nitrogen and oxygen atoms in total. The maximum absolute atomic E-state index is 6.59. The van der Waals surface area contributed by atoms with E-state index < -0.39 is 0 Å². The highest BCUT2D eigenvalue weighted by atomic mass is 79.9. The molecular formula is C15H26BrN3S2. The van der Waals surface area contributed by atoms with Gasteiger partial charge in [0.2, 0.25) is 0 Å². The van der Waals surface area contributed by atoms with E-state index in [1.165, 1.54) is 28.1 Å². The Morgan fingerprint density at radius 3 is 2.67 bits per heavy atom. The Hall–Kier alpha value is 0.350. The lowest BCUT2D eigenvalue weighted by Crippen LogP contribution is -2.43. The molecule has 2 heterocycles. The fourth-order valence-electron chi connectivity index (χ4n) is 2.89. The second-order valence-corrected chi connectivity index (χ2v) is 8.82. The molecule has 1 aliphatic heterocycles. The van der Waals surface area contributed by atoms with Crippen molar-refractivity contribution in [2.45, 2.75) is 63.1 Å². The molecule has 6 heteroatoms. The zero-order chi connectivity index (χ0) is 15.4. The quantitative estimate of drug-likeness (QED) is 0.801. The minimum atomic E-state index is 0.204. The lowest BCUT2D eigenvalue weighted by molar-refractivity contribution is 0.549. The first-order valence-electron chi connectivity index (χ1n) is 7.85. The van der Waals surface area contributed by atoms with Crippen LogP contribution >= 0.6 is 39.5 Å². The zero-order valence-corrected chi connectivity index (χ0v) is 16.4. The number of nitrogens with two attached hydrogens (primary N) is 1. The van der Waals surface area contributed by atoms with E-state index in [4.69, 9.17) is 5.73 Å². The third-order valence-electron chi connectivity index (χ3n) is 4.04. The Kier molecular flexibility index (Phi) is 6.97. The molecule has 0 bridgehead atoms. The fourth-order valence-corrected chi connectivity index (χ4v) is 6.81. The number of aromatic nitrogens is 2. The first-order valence-corrected chi connectivity index (χ1v) is 10.7. The predicted octanol–water partition coefficient (Wildman–Crippen LogP) is 3.72. The lowest BCUT2D eigenvalue weighted by Gasteiger charge is -2.34. The van der Waals surface area contributed by atoms with Crippen LogP contribution in [0.15, 0.2) is 4.47 Å². The van der Waals surface area contributed by atoms with Crippen molar-refractivity contribution in [2.75, 3.05) is 11.5 Å². The van der Waals surface area contributed by atoms with Gasteiger partial charge in [0.05, 0.1) is 15.9 Å². The number of halogens is 1. The summed E-state index contributed by atoms with van der Waals surface area (Å²) in [6.45, 7) is 7.49. The van der Waals surface area contributed by atoms with Crippen molar-refractivity contribution >= 4 is 39.5 Å². The van der Waals surface area contributed by atoms with Gasteiger partial charge in [0, 0.05) is 41.0 Å². The molecule has 3 atom stereocenters. The Balaban J connectivity index is 2.14. The van der Waals surface area contributed by atoms with Crippen molar-refractivity contribution in [3.8, 4) is 0 Å². The van der Waals surface area contributed by atoms with Crippen LogP contribution in [0.4, 0.5) is 0 Å². The normalized spacial score (nSPS) is 24.2. The minimum Gasteiger partial charge on any atom is -0.326 e. The molecule has 3 unspecified atom stereocenters. The average molecular weight is 392 g/mol. The summed E-state index contributed by atoms with van der Waals surface area (Å²) in [5.74, 6) is 2.50. The van der Waals surface area contributed by atoms with Crippen LogP contribution in [0.25, 0.3) is 0 Å². The van der Waals surface area contributed by atoms with Crippen LogP contribution in [-0.4, -0.2) is 37.8 Å². The number of thioether (sulfide) groups is 2. The molecule has 0 radical (unpaired) electrons. The van der Waals surface area contributed by atoms with Crippen LogP contribution in [0.1, 0.15) is 38.6 Å². The summed E-state index contributed by atoms with van der Waals surface area (Å²) in [7, 11) is 0. The molecule has 0 aromatic carbocycles. The molecule has 1 aromatic heterocycles. The Labute approximate surface area is 145 Å². The largest absolute Gasteiger partial charge is 0.326 e. The van der Waals surface area contributed by atoms with Crippen LogP contribution in [0.5, 0.6) is 0 Å². The summed E-state index contributed by atoms with van der Waals surface area (Å²) in [5.41, 5.74) is 9.01. The highest BCUT2D eigenvalue weighted by Gasteiger charge is 2.31. The maximum atomic E-state index is 6.59. The highest BCUT2D eigenvalue weighted by molar-refractivity contribution is 9.10. The lowest BCUT2D eigenvalue weighted by atomic mass is 10.0. The van der Waals surface area contributed by atoms with E-state index in [0.29, 0.717) is 10.5 Å². The molecule has 1 aliphatic rings. The molecule has 2 rings (SSSR count). The van der Waals surface area contributed by atoms with E-state index in [9.17, 15) is 0 Å². The van der Waals surface area contributed by atoms with Crippen molar-refractivity contribution in [3.05, 3.63) is 15.9 Å². The first kappa shape index (κ1) is 17.7. The van der Waals surface area contributed by atoms with Crippen molar-refractivity contribution in [1.29, 1.82) is 0 Å². The van der Waals surface area contributed by atoms with E-state index in [-0.39, 0.29) is 6.04 Å². The topological polar surface area (TPSA) is 43.8 Å². The third kappa shape index (κ3) is 4.01. The van der Waals surface area contributed by atoms with Crippen LogP contribution in [0, 0.1) is 0 Å². The molecule has 1 aromatic rings. The van der Waals surface area contributed by atoms with Gasteiger partial charge in [0.1, 0.15) is 0 Å². The van der Waals surface area contributed by atoms with Crippen molar-refractivity contribution in [3.63, 3.8) is 0 Å². The summed E-state index contributed by atoms with van der Waals surface area (Å²) in [4.78, 5) is 0. The van der Waals surface area contributed by atoms with E-state index in [2.05, 4.69) is 70.0 Å². The molecule has 1 fully saturated rings. The van der Waals surface area contributed by atoms with Crippen LogP contribution < -0.4 is 5.73 Å². The van der Waals surface area contributed by atoms with Gasteiger partial charge in [-0.2, -0.15) is 28.6 Å². The number of rotatable bonds is 6. The maximum Gasteiger partial charge on any atom is 0.0766 e. The predicted molar refractivity (Wildman–Crippen MR) is 99.4 cm³/mol. The van der Waals surface area contributed by atoms with E-state index in [0.717, 1.165) is 25.1 Å². The first-order chi connectivity index (χ1) is 10.1. The zero-order valence-electron chi connectivity index (χ0n) is 13.1. The number of nitrogens with zero attached hydrogens (tertiary/aromatic N) is 2. The van der Waals surface area contributed by atoms with Gasteiger partial charge in [-0.1, -0.05) is 13.8 Å². The van der Waals surface area contributed by atoms with Crippen LogP contribution in [0.2, 0.25) is 0 Å². The third-order valence-corrected chi connectivity index (χ3v) is 8.38. The average Bonchev–Trinajstić information content (AvgIpc) is 2.83. The van der Waals surface area contributed by atoms with Crippen molar-refractivity contribution in [1.82, 2.24) is 9.78 Å².